The molecule has 2 aliphatic heterocycles. The van der Waals surface area contributed by atoms with Gasteiger partial charge in [-0.25, -0.2) is 0 Å². The van der Waals surface area contributed by atoms with E-state index in [1.54, 1.807) is 38.4 Å². The van der Waals surface area contributed by atoms with Gasteiger partial charge in [0.15, 0.2) is 0 Å². The summed E-state index contributed by atoms with van der Waals surface area (Å²) in [6, 6.07) is 47.9. The lowest BCUT2D eigenvalue weighted by Crippen LogP contribution is -2.48. The predicted molar refractivity (Wildman–Crippen MR) is 230 cm³/mol. The number of rotatable bonds is 7. The lowest BCUT2D eigenvalue weighted by molar-refractivity contribution is -0.118. The monoisotopic (exact) mass is 769 g/mol. The van der Waals surface area contributed by atoms with Crippen LogP contribution < -0.4 is 19.6 Å². The first-order valence-corrected chi connectivity index (χ1v) is 19.8. The van der Waals surface area contributed by atoms with Gasteiger partial charge in [-0.1, -0.05) is 97.9 Å². The lowest BCUT2D eigenvalue weighted by Gasteiger charge is -2.44. The molecule has 2 aliphatic rings. The van der Waals surface area contributed by atoms with Gasteiger partial charge in [-0.3, -0.25) is 24.2 Å². The highest BCUT2D eigenvalue weighted by molar-refractivity contribution is 6.08. The molecule has 9 nitrogen and oxygen atoms in total. The summed E-state index contributed by atoms with van der Waals surface area (Å²) in [7, 11) is 0. The molecule has 1 unspecified atom stereocenters. The molecule has 9 heteroatoms. The van der Waals surface area contributed by atoms with Gasteiger partial charge in [0.25, 0.3) is 11.8 Å². The van der Waals surface area contributed by atoms with E-state index in [-0.39, 0.29) is 41.8 Å². The van der Waals surface area contributed by atoms with Crippen LogP contribution in [-0.2, 0) is 9.59 Å². The number of carbonyl (C=O) groups is 4. The van der Waals surface area contributed by atoms with Crippen molar-refractivity contribution in [3.8, 4) is 0 Å². The molecule has 3 heterocycles. The molecule has 0 radical (unpaired) electrons. The minimum absolute atomic E-state index is 0.00570. The maximum atomic E-state index is 13.4. The van der Waals surface area contributed by atoms with Crippen molar-refractivity contribution in [2.75, 3.05) is 26.1 Å². The number of pyridine rings is 1. The van der Waals surface area contributed by atoms with E-state index < -0.39 is 0 Å². The topological polar surface area (TPSA) is 94.1 Å². The zero-order valence-electron chi connectivity index (χ0n) is 33.0. The Balaban J connectivity index is 0.000000177. The Hall–Kier alpha value is -6.87. The van der Waals surface area contributed by atoms with Crippen LogP contribution in [0.5, 0.6) is 0 Å². The number of para-hydroxylation sites is 4. The fourth-order valence-corrected chi connectivity index (χ4v) is 8.27. The Morgan fingerprint density at radius 3 is 1.64 bits per heavy atom. The number of carbonyl (C=O) groups excluding carboxylic acids is 4. The van der Waals surface area contributed by atoms with Crippen molar-refractivity contribution in [1.82, 2.24) is 4.98 Å². The second kappa shape index (κ2) is 17.9. The van der Waals surface area contributed by atoms with Gasteiger partial charge in [0.1, 0.15) is 0 Å². The molecule has 5 aromatic carbocycles. The van der Waals surface area contributed by atoms with Crippen molar-refractivity contribution >= 4 is 46.4 Å². The first-order valence-electron chi connectivity index (χ1n) is 19.8. The highest BCUT2D eigenvalue weighted by Crippen LogP contribution is 2.44. The summed E-state index contributed by atoms with van der Waals surface area (Å²) < 4.78 is 0. The van der Waals surface area contributed by atoms with Gasteiger partial charge in [0, 0.05) is 67.1 Å². The second-order valence-corrected chi connectivity index (χ2v) is 14.4. The predicted octanol–water partition coefficient (Wildman–Crippen LogP) is 9.84. The number of fused-ring (bicyclic) bond motifs is 2. The quantitative estimate of drug-likeness (QED) is 0.161. The van der Waals surface area contributed by atoms with Gasteiger partial charge in [0.05, 0.1) is 17.6 Å². The van der Waals surface area contributed by atoms with Crippen LogP contribution in [0.3, 0.4) is 0 Å². The molecule has 0 N–H and O–H groups in total. The van der Waals surface area contributed by atoms with Gasteiger partial charge in [0.2, 0.25) is 11.8 Å². The van der Waals surface area contributed by atoms with E-state index in [4.69, 9.17) is 0 Å². The van der Waals surface area contributed by atoms with Crippen LogP contribution in [0.15, 0.2) is 164 Å². The molecule has 0 fully saturated rings. The lowest BCUT2D eigenvalue weighted by atomic mass is 9.87. The molecule has 0 saturated carbocycles. The van der Waals surface area contributed by atoms with Gasteiger partial charge in [-0.05, 0) is 91.1 Å². The van der Waals surface area contributed by atoms with Gasteiger partial charge in [-0.2, -0.15) is 0 Å². The van der Waals surface area contributed by atoms with Gasteiger partial charge < -0.3 is 19.6 Å². The Bertz CT molecular complexity index is 2360. The van der Waals surface area contributed by atoms with Gasteiger partial charge >= 0.3 is 0 Å². The maximum Gasteiger partial charge on any atom is 0.260 e. The van der Waals surface area contributed by atoms with Crippen LogP contribution >= 0.6 is 0 Å². The molecule has 1 aromatic heterocycles. The number of benzene rings is 5. The third-order valence-corrected chi connectivity index (χ3v) is 10.9. The normalized spacial score (nSPS) is 16.8. The molecule has 8 rings (SSSR count). The molecule has 292 valence electrons. The first-order chi connectivity index (χ1) is 28.3. The van der Waals surface area contributed by atoms with E-state index in [0.717, 1.165) is 40.3 Å². The van der Waals surface area contributed by atoms with Crippen molar-refractivity contribution in [1.29, 1.82) is 0 Å². The summed E-state index contributed by atoms with van der Waals surface area (Å²) in [4.78, 5) is 63.3. The Morgan fingerprint density at radius 2 is 1.09 bits per heavy atom. The van der Waals surface area contributed by atoms with E-state index >= 15 is 0 Å². The summed E-state index contributed by atoms with van der Waals surface area (Å²) in [5, 5.41) is 0. The summed E-state index contributed by atoms with van der Waals surface area (Å²) in [6.45, 7) is 5.84. The molecule has 0 bridgehead atoms. The van der Waals surface area contributed by atoms with Crippen LogP contribution in [0, 0.1) is 0 Å². The van der Waals surface area contributed by atoms with Crippen molar-refractivity contribution in [3.63, 3.8) is 0 Å². The molecular formula is C49H47N5O4. The molecule has 4 amide bonds. The van der Waals surface area contributed by atoms with Crippen molar-refractivity contribution in [2.24, 2.45) is 0 Å². The number of aromatic nitrogens is 1. The highest BCUT2D eigenvalue weighted by Gasteiger charge is 2.39. The molecule has 6 aromatic rings. The summed E-state index contributed by atoms with van der Waals surface area (Å²) in [5.41, 5.74) is 6.68. The van der Waals surface area contributed by atoms with Crippen LogP contribution in [0.25, 0.3) is 0 Å². The third-order valence-electron chi connectivity index (χ3n) is 10.9. The maximum absolute atomic E-state index is 13.4. The fraction of sp³-hybridized carbons (Fsp3) is 0.204. The zero-order valence-corrected chi connectivity index (χ0v) is 33.0. The average Bonchev–Trinajstić information content (AvgIpc) is 3.27. The molecule has 0 saturated heterocycles. The Morgan fingerprint density at radius 1 is 0.586 bits per heavy atom. The minimum Gasteiger partial charge on any atom is -0.308 e. The van der Waals surface area contributed by atoms with Crippen LogP contribution in [0.1, 0.15) is 84.0 Å². The zero-order chi connectivity index (χ0) is 40.6. The standard InChI is InChI=1S/C25H25N3O2.C24H22N2O2/c1-3-20-16-24(27(18(2)29)21-11-5-4-6-12-21)22-13-7-8-14-23(22)28(20)25(30)19-10-9-15-26-17-19;1-18(27)26(20-12-6-3-7-13-20)23-16-17-25(22-15-9-8-14-21(22)23)24(28)19-10-4-2-5-11-19/h4-15,17,20,24H,3,16H2,1-2H3;2-15,23H,16-17H2,1H3/t20-,24+;/m1./s1. The van der Waals surface area contributed by atoms with E-state index in [1.165, 1.54) is 0 Å². The average molecular weight is 770 g/mol. The van der Waals surface area contributed by atoms with E-state index in [1.807, 2.05) is 159 Å². The minimum atomic E-state index is -0.135. The van der Waals surface area contributed by atoms with E-state index in [0.29, 0.717) is 30.5 Å². The number of hydrogen-bond donors (Lipinski definition) is 0. The highest BCUT2D eigenvalue weighted by atomic mass is 16.2. The SMILES string of the molecule is CC(=O)N(c1ccccc1)C1CCN(C(=O)c2ccccc2)c2ccccc21.CC[C@@H]1C[C@H](N(C(C)=O)c2ccccc2)c2ccccc2N1C(=O)c1cccnc1. The molecule has 0 aliphatic carbocycles. The number of hydrogen-bond acceptors (Lipinski definition) is 5. The molecule has 3 atom stereocenters. The summed E-state index contributed by atoms with van der Waals surface area (Å²) in [6.07, 6.45) is 5.42. The number of anilines is 4. The van der Waals surface area contributed by atoms with Gasteiger partial charge in [-0.15, -0.1) is 0 Å². The van der Waals surface area contributed by atoms with Crippen molar-refractivity contribution < 1.29 is 19.2 Å². The summed E-state index contributed by atoms with van der Waals surface area (Å²) in [5.74, 6) is -0.0905. The summed E-state index contributed by atoms with van der Waals surface area (Å²) >= 11 is 0. The first kappa shape index (κ1) is 39.4. The smallest absolute Gasteiger partial charge is 0.260 e. The number of amides is 4. The van der Waals surface area contributed by atoms with Crippen molar-refractivity contribution in [2.45, 2.75) is 58.2 Å². The Kier molecular flexibility index (Phi) is 12.2. The second-order valence-electron chi connectivity index (χ2n) is 14.4. The van der Waals surface area contributed by atoms with Crippen LogP contribution in [0.4, 0.5) is 22.7 Å². The van der Waals surface area contributed by atoms with Crippen LogP contribution in [0.2, 0.25) is 0 Å². The molecule has 58 heavy (non-hydrogen) atoms. The van der Waals surface area contributed by atoms with Crippen molar-refractivity contribution in [3.05, 3.63) is 186 Å². The Labute approximate surface area is 340 Å². The van der Waals surface area contributed by atoms with E-state index in [2.05, 4.69) is 11.9 Å². The molecule has 0 spiro atoms. The third kappa shape index (κ3) is 8.16. The van der Waals surface area contributed by atoms with Crippen LogP contribution in [-0.4, -0.2) is 41.2 Å². The largest absolute Gasteiger partial charge is 0.308 e. The number of nitrogens with zero attached hydrogens (tertiary/aromatic N) is 5. The fourth-order valence-electron chi connectivity index (χ4n) is 8.27. The van der Waals surface area contributed by atoms with E-state index in [9.17, 15) is 19.2 Å². The molecular weight excluding hydrogens is 723 g/mol.